The first-order chi connectivity index (χ1) is 15.0. The number of fused-ring (bicyclic) bond motifs is 2. The van der Waals surface area contributed by atoms with E-state index in [9.17, 15) is 10.4 Å². The van der Waals surface area contributed by atoms with Crippen LogP contribution in [0.5, 0.6) is 28.9 Å². The van der Waals surface area contributed by atoms with Gasteiger partial charge in [-0.1, -0.05) is 11.6 Å². The molecule has 0 aliphatic carbocycles. The highest BCUT2D eigenvalue weighted by molar-refractivity contribution is 6.32. The minimum absolute atomic E-state index is 0.0631. The number of rotatable bonds is 3. The van der Waals surface area contributed by atoms with Gasteiger partial charge in [-0.25, -0.2) is 0 Å². The Kier molecular flexibility index (Phi) is 4.30. The minimum atomic E-state index is -0.667. The molecular weight excluding hydrogens is 424 g/mol. The summed E-state index contributed by atoms with van der Waals surface area (Å²) in [5, 5.41) is 27.3. The van der Waals surface area contributed by atoms with Crippen LogP contribution < -0.4 is 24.7 Å². The van der Waals surface area contributed by atoms with Crippen molar-refractivity contribution in [2.45, 2.75) is 5.92 Å². The molecule has 156 valence electrons. The van der Waals surface area contributed by atoms with Gasteiger partial charge in [0.25, 0.3) is 0 Å². The van der Waals surface area contributed by atoms with Crippen molar-refractivity contribution < 1.29 is 24.1 Å². The quantitative estimate of drug-likeness (QED) is 0.566. The summed E-state index contributed by atoms with van der Waals surface area (Å²) in [6, 6.07) is 10.7. The molecule has 1 unspecified atom stereocenters. The van der Waals surface area contributed by atoms with Crippen molar-refractivity contribution in [1.29, 1.82) is 5.26 Å². The molecule has 9 nitrogen and oxygen atoms in total. The minimum Gasteiger partial charge on any atom is -0.503 e. The number of hydrogen-bond acceptors (Lipinski definition) is 8. The van der Waals surface area contributed by atoms with Crippen molar-refractivity contribution in [2.24, 2.45) is 5.73 Å². The molecule has 0 fully saturated rings. The number of ether oxygens (including phenoxy) is 4. The van der Waals surface area contributed by atoms with Crippen LogP contribution in [0.4, 0.5) is 0 Å². The number of methoxy groups -OCH3 is 1. The normalized spacial score (nSPS) is 16.5. The third kappa shape index (κ3) is 2.88. The van der Waals surface area contributed by atoms with Crippen molar-refractivity contribution >= 4 is 11.6 Å². The Labute approximate surface area is 181 Å². The summed E-state index contributed by atoms with van der Waals surface area (Å²) in [4.78, 5) is 0. The highest BCUT2D eigenvalue weighted by atomic mass is 35.5. The van der Waals surface area contributed by atoms with Gasteiger partial charge < -0.3 is 29.8 Å². The second kappa shape index (κ2) is 7.04. The van der Waals surface area contributed by atoms with Crippen LogP contribution in [0.15, 0.2) is 41.8 Å². The molecule has 2 aliphatic heterocycles. The molecule has 10 heteroatoms. The number of hydrogen-bond donors (Lipinski definition) is 3. The summed E-state index contributed by atoms with van der Waals surface area (Å²) in [5.41, 5.74) is 8.73. The third-order valence-corrected chi connectivity index (χ3v) is 5.49. The lowest BCUT2D eigenvalue weighted by Crippen LogP contribution is -2.21. The van der Waals surface area contributed by atoms with E-state index in [1.807, 2.05) is 12.1 Å². The summed E-state index contributed by atoms with van der Waals surface area (Å²) in [7, 11) is 1.41. The molecule has 1 aromatic heterocycles. The van der Waals surface area contributed by atoms with E-state index in [0.717, 1.165) is 5.56 Å². The summed E-state index contributed by atoms with van der Waals surface area (Å²) in [6.45, 7) is 0.148. The summed E-state index contributed by atoms with van der Waals surface area (Å²) >= 11 is 6.22. The van der Waals surface area contributed by atoms with Gasteiger partial charge in [0, 0.05) is 5.56 Å². The van der Waals surface area contributed by atoms with Crippen LogP contribution in [0.1, 0.15) is 17.0 Å². The number of H-pyrrole nitrogens is 1. The molecule has 2 aromatic carbocycles. The molecule has 0 spiro atoms. The first-order valence-electron chi connectivity index (χ1n) is 9.14. The topological polar surface area (TPSA) is 136 Å². The summed E-state index contributed by atoms with van der Waals surface area (Å²) in [5.74, 6) is 0.711. The van der Waals surface area contributed by atoms with Crippen LogP contribution in [0, 0.1) is 11.3 Å². The highest BCUT2D eigenvalue weighted by Gasteiger charge is 2.36. The van der Waals surface area contributed by atoms with Crippen LogP contribution in [-0.2, 0) is 0 Å². The zero-order valence-electron chi connectivity index (χ0n) is 16.1. The lowest BCUT2D eigenvalue weighted by atomic mass is 9.83. The van der Waals surface area contributed by atoms with Crippen molar-refractivity contribution in [1.82, 2.24) is 10.2 Å². The van der Waals surface area contributed by atoms with Gasteiger partial charge in [-0.2, -0.15) is 5.26 Å². The number of aromatic nitrogens is 2. The number of phenols is 1. The van der Waals surface area contributed by atoms with Gasteiger partial charge in [0.2, 0.25) is 18.6 Å². The van der Waals surface area contributed by atoms with Gasteiger partial charge in [0.05, 0.1) is 29.3 Å². The molecule has 0 radical (unpaired) electrons. The van der Waals surface area contributed by atoms with E-state index in [2.05, 4.69) is 16.3 Å². The molecule has 4 N–H and O–H groups in total. The maximum absolute atomic E-state index is 10.1. The van der Waals surface area contributed by atoms with E-state index in [0.29, 0.717) is 28.3 Å². The highest BCUT2D eigenvalue weighted by Crippen LogP contribution is 2.49. The van der Waals surface area contributed by atoms with Crippen LogP contribution in [0.3, 0.4) is 0 Å². The van der Waals surface area contributed by atoms with Crippen LogP contribution in [0.2, 0.25) is 5.02 Å². The second-order valence-corrected chi connectivity index (χ2v) is 7.27. The van der Waals surface area contributed by atoms with E-state index < -0.39 is 5.92 Å². The van der Waals surface area contributed by atoms with E-state index in [1.54, 1.807) is 18.2 Å². The predicted molar refractivity (Wildman–Crippen MR) is 109 cm³/mol. The van der Waals surface area contributed by atoms with Crippen molar-refractivity contribution in [3.8, 4) is 46.2 Å². The number of nitriles is 1. The molecule has 2 aliphatic rings. The summed E-state index contributed by atoms with van der Waals surface area (Å²) in [6.07, 6.45) is 0. The van der Waals surface area contributed by atoms with Crippen molar-refractivity contribution in [2.75, 3.05) is 13.9 Å². The van der Waals surface area contributed by atoms with Crippen LogP contribution in [0.25, 0.3) is 11.3 Å². The molecule has 0 saturated heterocycles. The maximum atomic E-state index is 10.1. The molecule has 0 saturated carbocycles. The number of nitrogens with two attached hydrogens (primary N) is 1. The Hall–Kier alpha value is -4.03. The van der Waals surface area contributed by atoms with Crippen molar-refractivity contribution in [3.05, 3.63) is 57.9 Å². The zero-order valence-corrected chi connectivity index (χ0v) is 16.9. The zero-order chi connectivity index (χ0) is 21.7. The molecule has 0 amide bonds. The lowest BCUT2D eigenvalue weighted by Gasteiger charge is -2.24. The average Bonchev–Trinajstić information content (AvgIpc) is 3.40. The Morgan fingerprint density at radius 2 is 2.10 bits per heavy atom. The van der Waals surface area contributed by atoms with Gasteiger partial charge in [-0.15, -0.1) is 5.10 Å². The van der Waals surface area contributed by atoms with E-state index >= 15 is 0 Å². The monoisotopic (exact) mass is 438 g/mol. The molecule has 5 rings (SSSR count). The number of aromatic hydroxyl groups is 1. The average molecular weight is 439 g/mol. The van der Waals surface area contributed by atoms with Gasteiger partial charge in [0.1, 0.15) is 11.6 Å². The Balaban J connectivity index is 1.73. The fourth-order valence-corrected chi connectivity index (χ4v) is 3.99. The largest absolute Gasteiger partial charge is 0.503 e. The molecule has 3 heterocycles. The molecule has 3 aromatic rings. The third-order valence-electron chi connectivity index (χ3n) is 5.20. The van der Waals surface area contributed by atoms with Gasteiger partial charge >= 0.3 is 0 Å². The number of allylic oxidation sites excluding steroid dienone is 1. The number of nitrogens with zero attached hydrogens (tertiary/aromatic N) is 2. The lowest BCUT2D eigenvalue weighted by molar-refractivity contribution is 0.174. The summed E-state index contributed by atoms with van der Waals surface area (Å²) < 4.78 is 21.7. The number of phenolic OH excluding ortho intramolecular Hbond substituents is 1. The Bertz CT molecular complexity index is 1290. The van der Waals surface area contributed by atoms with Gasteiger partial charge in [0.15, 0.2) is 23.0 Å². The molecular formula is C21H15ClN4O5. The van der Waals surface area contributed by atoms with E-state index in [-0.39, 0.29) is 40.7 Å². The number of nitrogens with one attached hydrogen (secondary N) is 1. The number of halogens is 1. The maximum Gasteiger partial charge on any atom is 0.244 e. The Morgan fingerprint density at radius 1 is 1.29 bits per heavy atom. The van der Waals surface area contributed by atoms with Crippen LogP contribution in [-0.4, -0.2) is 29.2 Å². The molecule has 0 bridgehead atoms. The Morgan fingerprint density at radius 3 is 2.87 bits per heavy atom. The predicted octanol–water partition coefficient (Wildman–Crippen LogP) is 3.39. The molecule has 31 heavy (non-hydrogen) atoms. The number of benzene rings is 2. The standard InChI is InChI=1S/C21H15ClN4O5/c1-28-15-6-10(4-12(22)19(15)27)16-11(7-23)20(24)31-21-17(16)18(25-26-21)9-2-3-13-14(5-9)30-8-29-13/h2-6,16,27H,8,24H2,1H3,(H,25,26). The fraction of sp³-hybridized carbons (Fsp3) is 0.143. The number of aromatic amines is 1. The first-order valence-corrected chi connectivity index (χ1v) is 9.52. The second-order valence-electron chi connectivity index (χ2n) is 6.86. The fourth-order valence-electron chi connectivity index (χ4n) is 3.77. The molecule has 1 atom stereocenters. The van der Waals surface area contributed by atoms with E-state index in [1.165, 1.54) is 7.11 Å². The smallest absolute Gasteiger partial charge is 0.244 e. The first kappa shape index (κ1) is 19.0. The van der Waals surface area contributed by atoms with Gasteiger partial charge in [-0.3, -0.25) is 5.10 Å². The van der Waals surface area contributed by atoms with Gasteiger partial charge in [-0.05, 0) is 35.9 Å². The SMILES string of the molecule is COc1cc(C2C(C#N)=C(N)Oc3n[nH]c(-c4ccc5c(c4)OCO5)c32)cc(Cl)c1O. The van der Waals surface area contributed by atoms with Crippen LogP contribution >= 0.6 is 11.6 Å². The van der Waals surface area contributed by atoms with Crippen molar-refractivity contribution in [3.63, 3.8) is 0 Å². The van der Waals surface area contributed by atoms with E-state index in [4.69, 9.17) is 36.3 Å².